The number of hydrogen-bond acceptors (Lipinski definition) is 5. The lowest BCUT2D eigenvalue weighted by molar-refractivity contribution is -0.134. The van der Waals surface area contributed by atoms with Crippen molar-refractivity contribution in [2.24, 2.45) is 0 Å². The van der Waals surface area contributed by atoms with Crippen molar-refractivity contribution < 1.29 is 14.4 Å². The molecule has 1 N–H and O–H groups in total. The Morgan fingerprint density at radius 2 is 2.12 bits per heavy atom. The number of Topliss-reactive ketones (excluding diaryl/α,β-unsaturated/α-hetero) is 1. The fourth-order valence-corrected chi connectivity index (χ4v) is 5.08. The summed E-state index contributed by atoms with van der Waals surface area (Å²) in [6.07, 6.45) is 4.90. The molecule has 0 radical (unpaired) electrons. The predicted octanol–water partition coefficient (Wildman–Crippen LogP) is 1.42. The maximum Gasteiger partial charge on any atom is 0.250 e. The average molecular weight is 356 g/mol. The highest BCUT2D eigenvalue weighted by Crippen LogP contribution is 2.31. The molecule has 2 aliphatic heterocycles. The summed E-state index contributed by atoms with van der Waals surface area (Å²) in [6, 6.07) is 7.15. The molecule has 3 atom stereocenters. The molecule has 1 aliphatic carbocycles. The van der Waals surface area contributed by atoms with Gasteiger partial charge in [0.2, 0.25) is 0 Å². The summed E-state index contributed by atoms with van der Waals surface area (Å²) in [4.78, 5) is 38.8. The van der Waals surface area contributed by atoms with Crippen LogP contribution in [0.5, 0.6) is 0 Å². The van der Waals surface area contributed by atoms with E-state index in [0.717, 1.165) is 29.4 Å². The van der Waals surface area contributed by atoms with E-state index in [-0.39, 0.29) is 16.9 Å². The molecular weight excluding hydrogens is 336 g/mol. The van der Waals surface area contributed by atoms with Crippen molar-refractivity contribution in [2.75, 3.05) is 12.4 Å². The predicted molar refractivity (Wildman–Crippen MR) is 97.1 cm³/mol. The van der Waals surface area contributed by atoms with Crippen LogP contribution in [0.1, 0.15) is 24.0 Å². The molecule has 1 aromatic carbocycles. The molecular formula is C19H20N2O3S. The van der Waals surface area contributed by atoms with E-state index in [2.05, 4.69) is 5.32 Å². The first-order valence-electron chi connectivity index (χ1n) is 8.62. The quantitative estimate of drug-likeness (QED) is 0.827. The van der Waals surface area contributed by atoms with Gasteiger partial charge < -0.3 is 9.69 Å². The monoisotopic (exact) mass is 356 g/mol. The average Bonchev–Trinajstić information content (AvgIpc) is 3.38. The number of carbonyl (C=O) groups is 3. The summed E-state index contributed by atoms with van der Waals surface area (Å²) in [5.41, 5.74) is 3.00. The van der Waals surface area contributed by atoms with E-state index in [9.17, 15) is 14.4 Å². The van der Waals surface area contributed by atoms with Crippen LogP contribution in [0.4, 0.5) is 0 Å². The van der Waals surface area contributed by atoms with Gasteiger partial charge in [-0.05, 0) is 30.0 Å². The van der Waals surface area contributed by atoms with Crippen LogP contribution in [0.3, 0.4) is 0 Å². The maximum absolute atomic E-state index is 13.0. The second kappa shape index (κ2) is 6.77. The first-order chi connectivity index (χ1) is 12.2. The molecule has 1 aromatic rings. The van der Waals surface area contributed by atoms with Crippen LogP contribution in [0.2, 0.25) is 0 Å². The molecule has 3 aliphatic rings. The van der Waals surface area contributed by atoms with Crippen LogP contribution in [0.25, 0.3) is 6.08 Å². The van der Waals surface area contributed by atoms with Crippen molar-refractivity contribution in [3.05, 3.63) is 41.0 Å². The van der Waals surface area contributed by atoms with Crippen molar-refractivity contribution >= 4 is 35.8 Å². The van der Waals surface area contributed by atoms with E-state index in [1.54, 1.807) is 4.90 Å². The van der Waals surface area contributed by atoms with Crippen LogP contribution >= 0.6 is 11.8 Å². The summed E-state index contributed by atoms with van der Waals surface area (Å²) >= 11 is 1.46. The number of fused-ring (bicyclic) bond motifs is 1. The SMILES string of the molecule is O=C[C@H]1NCSC1C(=O)[C@@H]1CCCN1C(=O)C1=Cc2ccccc2C1. The third-order valence-corrected chi connectivity index (χ3v) is 6.44. The topological polar surface area (TPSA) is 66.5 Å². The van der Waals surface area contributed by atoms with Gasteiger partial charge in [0, 0.05) is 24.4 Å². The number of aldehydes is 1. The third-order valence-electron chi connectivity index (χ3n) is 5.22. The number of amides is 1. The molecule has 2 heterocycles. The summed E-state index contributed by atoms with van der Waals surface area (Å²) in [6.45, 7) is 0.611. The number of hydrogen-bond donors (Lipinski definition) is 1. The third kappa shape index (κ3) is 2.93. The Hall–Kier alpha value is -1.92. The Kier molecular flexibility index (Phi) is 4.48. The number of nitrogens with one attached hydrogen (secondary N) is 1. The van der Waals surface area contributed by atoms with E-state index in [4.69, 9.17) is 0 Å². The van der Waals surface area contributed by atoms with Gasteiger partial charge >= 0.3 is 0 Å². The van der Waals surface area contributed by atoms with Gasteiger partial charge in [0.25, 0.3) is 5.91 Å². The van der Waals surface area contributed by atoms with Crippen molar-refractivity contribution in [1.82, 2.24) is 10.2 Å². The van der Waals surface area contributed by atoms with Crippen molar-refractivity contribution in [2.45, 2.75) is 36.6 Å². The van der Waals surface area contributed by atoms with Gasteiger partial charge in [-0.15, -0.1) is 11.8 Å². The van der Waals surface area contributed by atoms with Crippen LogP contribution in [0.15, 0.2) is 29.8 Å². The second-order valence-corrected chi connectivity index (χ2v) is 7.83. The highest BCUT2D eigenvalue weighted by Gasteiger charge is 2.43. The molecule has 6 heteroatoms. The number of benzene rings is 1. The van der Waals surface area contributed by atoms with Gasteiger partial charge in [0.1, 0.15) is 6.29 Å². The van der Waals surface area contributed by atoms with E-state index in [0.29, 0.717) is 25.3 Å². The molecule has 0 saturated carbocycles. The van der Waals surface area contributed by atoms with E-state index in [1.807, 2.05) is 30.3 Å². The second-order valence-electron chi connectivity index (χ2n) is 6.70. The zero-order valence-corrected chi connectivity index (χ0v) is 14.6. The Bertz CT molecular complexity index is 761. The van der Waals surface area contributed by atoms with Gasteiger partial charge in [0.15, 0.2) is 5.78 Å². The minimum atomic E-state index is -0.440. The largest absolute Gasteiger partial charge is 0.329 e. The van der Waals surface area contributed by atoms with E-state index in [1.165, 1.54) is 11.8 Å². The van der Waals surface area contributed by atoms with Crippen molar-refractivity contribution in [3.63, 3.8) is 0 Å². The molecule has 25 heavy (non-hydrogen) atoms. The molecule has 2 saturated heterocycles. The number of rotatable bonds is 4. The molecule has 2 fully saturated rings. The van der Waals surface area contributed by atoms with Gasteiger partial charge in [-0.1, -0.05) is 24.3 Å². The number of ketones is 1. The first-order valence-corrected chi connectivity index (χ1v) is 9.67. The number of nitrogens with zero attached hydrogens (tertiary/aromatic N) is 1. The number of likely N-dealkylation sites (tertiary alicyclic amines) is 1. The molecule has 0 aromatic heterocycles. The fraction of sp³-hybridized carbons (Fsp3) is 0.421. The molecule has 0 spiro atoms. The van der Waals surface area contributed by atoms with Crippen LogP contribution in [0, 0.1) is 0 Å². The first kappa shape index (κ1) is 16.5. The Balaban J connectivity index is 1.51. The van der Waals surface area contributed by atoms with Crippen molar-refractivity contribution in [3.8, 4) is 0 Å². The van der Waals surface area contributed by atoms with E-state index < -0.39 is 12.1 Å². The Labute approximate surface area is 150 Å². The molecule has 1 unspecified atom stereocenters. The van der Waals surface area contributed by atoms with Crippen molar-refractivity contribution in [1.29, 1.82) is 0 Å². The molecule has 1 amide bonds. The lowest BCUT2D eigenvalue weighted by Crippen LogP contribution is -2.48. The lowest BCUT2D eigenvalue weighted by Gasteiger charge is -2.26. The summed E-state index contributed by atoms with van der Waals surface area (Å²) in [5, 5.41) is 2.65. The van der Waals surface area contributed by atoms with Crippen LogP contribution in [-0.2, 0) is 20.8 Å². The number of thioether (sulfide) groups is 1. The lowest BCUT2D eigenvalue weighted by atomic mass is 10.0. The minimum Gasteiger partial charge on any atom is -0.329 e. The minimum absolute atomic E-state index is 0.00839. The van der Waals surface area contributed by atoms with E-state index >= 15 is 0 Å². The number of carbonyl (C=O) groups excluding carboxylic acids is 3. The smallest absolute Gasteiger partial charge is 0.250 e. The van der Waals surface area contributed by atoms with Gasteiger partial charge in [-0.3, -0.25) is 14.9 Å². The molecule has 5 nitrogen and oxygen atoms in total. The fourth-order valence-electron chi connectivity index (χ4n) is 3.92. The molecule has 4 rings (SSSR count). The Morgan fingerprint density at radius 3 is 2.92 bits per heavy atom. The van der Waals surface area contributed by atoms with Gasteiger partial charge in [-0.2, -0.15) is 0 Å². The Morgan fingerprint density at radius 1 is 1.28 bits per heavy atom. The highest BCUT2D eigenvalue weighted by molar-refractivity contribution is 8.00. The van der Waals surface area contributed by atoms with Gasteiger partial charge in [0.05, 0.1) is 17.3 Å². The summed E-state index contributed by atoms with van der Waals surface area (Å²) < 4.78 is 0. The highest BCUT2D eigenvalue weighted by atomic mass is 32.2. The van der Waals surface area contributed by atoms with Crippen LogP contribution < -0.4 is 5.32 Å². The maximum atomic E-state index is 13.0. The summed E-state index contributed by atoms with van der Waals surface area (Å²) in [5.74, 6) is 0.570. The zero-order valence-electron chi connectivity index (χ0n) is 13.8. The normalized spacial score (nSPS) is 27.9. The molecule has 130 valence electrons. The summed E-state index contributed by atoms with van der Waals surface area (Å²) in [7, 11) is 0. The van der Waals surface area contributed by atoms with Gasteiger partial charge in [-0.25, -0.2) is 0 Å². The van der Waals surface area contributed by atoms with Crippen LogP contribution in [-0.4, -0.2) is 52.6 Å². The zero-order chi connectivity index (χ0) is 17.4. The standard InChI is InChI=1S/C19H20N2O3S/c22-10-15-18(25-11-20-15)17(23)16-6-3-7-21(16)19(24)14-8-12-4-1-2-5-13(12)9-14/h1-2,4-5,8,10,15-16,18,20H,3,6-7,9,11H2/t15-,16+,18?/m1/s1. The molecule has 0 bridgehead atoms.